The van der Waals surface area contributed by atoms with Crippen LogP contribution in [0.25, 0.3) is 83.6 Å². The van der Waals surface area contributed by atoms with Crippen molar-refractivity contribution in [3.63, 3.8) is 0 Å². The molecule has 10 rings (SSSR count). The number of fused-ring (bicyclic) bond motifs is 6. The fourth-order valence-electron chi connectivity index (χ4n) is 8.17. The average Bonchev–Trinajstić information content (AvgIpc) is 3.66. The molecule has 1 aliphatic rings. The molecule has 0 amide bonds. The van der Waals surface area contributed by atoms with Crippen molar-refractivity contribution in [3.05, 3.63) is 187 Å². The van der Waals surface area contributed by atoms with E-state index in [0.717, 1.165) is 39.3 Å². The molecule has 0 spiro atoms. The molecule has 1 aliphatic carbocycles. The Balaban J connectivity index is 1.17. The summed E-state index contributed by atoms with van der Waals surface area (Å²) in [5.74, 6) is 0.708. The van der Waals surface area contributed by atoms with E-state index in [9.17, 15) is 0 Å². The van der Waals surface area contributed by atoms with Gasteiger partial charge in [0.25, 0.3) is 0 Å². The Hall–Kier alpha value is -6.58. The number of para-hydroxylation sites is 1. The van der Waals surface area contributed by atoms with Crippen molar-refractivity contribution in [2.24, 2.45) is 0 Å². The number of hydrogen-bond acceptors (Lipinski definition) is 2. The summed E-state index contributed by atoms with van der Waals surface area (Å²) in [5.41, 5.74) is 16.2. The predicted octanol–water partition coefficient (Wildman–Crippen LogP) is 12.5. The third-order valence-electron chi connectivity index (χ3n) is 10.8. The molecule has 9 aromatic rings. The molecular formula is C49H35N3. The highest BCUT2D eigenvalue weighted by Crippen LogP contribution is 2.49. The van der Waals surface area contributed by atoms with Gasteiger partial charge in [0, 0.05) is 38.6 Å². The highest BCUT2D eigenvalue weighted by molar-refractivity contribution is 6.11. The molecule has 52 heavy (non-hydrogen) atoms. The first-order valence-electron chi connectivity index (χ1n) is 17.9. The number of aromatic nitrogens is 3. The van der Waals surface area contributed by atoms with Crippen LogP contribution in [-0.4, -0.2) is 14.5 Å². The first-order chi connectivity index (χ1) is 25.5. The van der Waals surface area contributed by atoms with Crippen LogP contribution in [0.4, 0.5) is 0 Å². The minimum atomic E-state index is -0.0584. The summed E-state index contributed by atoms with van der Waals surface area (Å²) in [4.78, 5) is 10.3. The number of hydrogen-bond donors (Lipinski definition) is 0. The molecule has 0 radical (unpaired) electrons. The average molecular weight is 666 g/mol. The van der Waals surface area contributed by atoms with Gasteiger partial charge in [-0.2, -0.15) is 0 Å². The van der Waals surface area contributed by atoms with Crippen LogP contribution in [0.2, 0.25) is 0 Å². The molecule has 0 unspecified atom stereocenters. The first-order valence-corrected chi connectivity index (χ1v) is 17.9. The van der Waals surface area contributed by atoms with Gasteiger partial charge in [0.05, 0.1) is 22.4 Å². The van der Waals surface area contributed by atoms with Crippen molar-refractivity contribution < 1.29 is 0 Å². The predicted molar refractivity (Wildman–Crippen MR) is 216 cm³/mol. The molecule has 246 valence electrons. The van der Waals surface area contributed by atoms with Crippen molar-refractivity contribution in [2.75, 3.05) is 0 Å². The maximum absolute atomic E-state index is 5.16. The first kappa shape index (κ1) is 30.3. The molecule has 7 aromatic carbocycles. The van der Waals surface area contributed by atoms with E-state index in [1.165, 1.54) is 49.7 Å². The van der Waals surface area contributed by atoms with Gasteiger partial charge in [0.1, 0.15) is 0 Å². The fourth-order valence-corrected chi connectivity index (χ4v) is 8.17. The van der Waals surface area contributed by atoms with Crippen LogP contribution in [0.15, 0.2) is 176 Å². The van der Waals surface area contributed by atoms with Crippen molar-refractivity contribution in [2.45, 2.75) is 19.3 Å². The van der Waals surface area contributed by atoms with Crippen LogP contribution in [0.3, 0.4) is 0 Å². The Morgan fingerprint density at radius 1 is 0.404 bits per heavy atom. The highest BCUT2D eigenvalue weighted by Gasteiger charge is 2.35. The van der Waals surface area contributed by atoms with Gasteiger partial charge in [-0.05, 0) is 88.0 Å². The third kappa shape index (κ3) is 4.81. The van der Waals surface area contributed by atoms with Crippen molar-refractivity contribution in [1.29, 1.82) is 0 Å². The monoisotopic (exact) mass is 665 g/mol. The topological polar surface area (TPSA) is 30.7 Å². The molecule has 0 saturated carbocycles. The van der Waals surface area contributed by atoms with Crippen molar-refractivity contribution >= 4 is 21.8 Å². The SMILES string of the molecule is CC1(C)c2ccccc2-c2ccc(-c3ccc4c(c3)c3cc(-c5nc(-c6ccccc6)cc(-c6ccccc6)n5)ccc3n4-c3ccccc3)cc21. The third-order valence-corrected chi connectivity index (χ3v) is 10.8. The normalized spacial score (nSPS) is 13.0. The second-order valence-electron chi connectivity index (χ2n) is 14.3. The van der Waals surface area contributed by atoms with Crippen molar-refractivity contribution in [1.82, 2.24) is 14.5 Å². The van der Waals surface area contributed by atoms with Gasteiger partial charge < -0.3 is 4.57 Å². The molecular weight excluding hydrogens is 631 g/mol. The van der Waals surface area contributed by atoms with Crippen molar-refractivity contribution in [3.8, 4) is 61.8 Å². The quantitative estimate of drug-likeness (QED) is 0.183. The minimum Gasteiger partial charge on any atom is -0.309 e. The lowest BCUT2D eigenvalue weighted by Crippen LogP contribution is -2.14. The van der Waals surface area contributed by atoms with E-state index in [4.69, 9.17) is 9.97 Å². The zero-order chi connectivity index (χ0) is 34.8. The summed E-state index contributed by atoms with van der Waals surface area (Å²) in [6, 6.07) is 62.9. The molecule has 2 aromatic heterocycles. The van der Waals surface area contributed by atoms with E-state index in [-0.39, 0.29) is 5.41 Å². The second-order valence-corrected chi connectivity index (χ2v) is 14.3. The van der Waals surface area contributed by atoms with E-state index in [2.05, 4.69) is 182 Å². The lowest BCUT2D eigenvalue weighted by molar-refractivity contribution is 0.660. The molecule has 0 saturated heterocycles. The van der Waals surface area contributed by atoms with Gasteiger partial charge in [0.15, 0.2) is 5.82 Å². The lowest BCUT2D eigenvalue weighted by Gasteiger charge is -2.22. The van der Waals surface area contributed by atoms with Gasteiger partial charge in [-0.3, -0.25) is 0 Å². The van der Waals surface area contributed by atoms with E-state index in [1.807, 2.05) is 12.1 Å². The van der Waals surface area contributed by atoms with E-state index in [1.54, 1.807) is 0 Å². The Bertz CT molecular complexity index is 2740. The standard InChI is InChI=1S/C49H35N3/c1-49(2)42-21-13-12-20-38(42)39-25-22-35(30-43(39)49)34-23-26-46-40(28-34)41-29-36(24-27-47(41)52(46)37-18-10-5-11-19-37)48-50-44(32-14-6-3-7-15-32)31-45(51-48)33-16-8-4-9-17-33/h3-31H,1-2H3. The van der Waals surface area contributed by atoms with Gasteiger partial charge in [-0.1, -0.05) is 135 Å². The molecule has 3 nitrogen and oxygen atoms in total. The lowest BCUT2D eigenvalue weighted by atomic mass is 9.81. The Morgan fingerprint density at radius 3 is 1.56 bits per heavy atom. The molecule has 0 aliphatic heterocycles. The minimum absolute atomic E-state index is 0.0584. The summed E-state index contributed by atoms with van der Waals surface area (Å²) < 4.78 is 2.37. The zero-order valence-electron chi connectivity index (χ0n) is 29.1. The fraction of sp³-hybridized carbons (Fsp3) is 0.0612. The van der Waals surface area contributed by atoms with Crippen LogP contribution >= 0.6 is 0 Å². The molecule has 0 atom stereocenters. The van der Waals surface area contributed by atoms with Crippen LogP contribution in [0.1, 0.15) is 25.0 Å². The molecule has 0 bridgehead atoms. The molecule has 0 fully saturated rings. The van der Waals surface area contributed by atoms with Crippen LogP contribution in [0, 0.1) is 0 Å². The summed E-state index contributed by atoms with van der Waals surface area (Å²) in [6.45, 7) is 4.69. The van der Waals surface area contributed by atoms with Gasteiger partial charge >= 0.3 is 0 Å². The Kier molecular flexibility index (Phi) is 6.84. The van der Waals surface area contributed by atoms with Crippen LogP contribution in [0.5, 0.6) is 0 Å². The zero-order valence-corrected chi connectivity index (χ0v) is 29.1. The van der Waals surface area contributed by atoms with Gasteiger partial charge in [0.2, 0.25) is 0 Å². The Morgan fingerprint density at radius 2 is 0.904 bits per heavy atom. The van der Waals surface area contributed by atoms with E-state index < -0.39 is 0 Å². The van der Waals surface area contributed by atoms with Gasteiger partial charge in [-0.15, -0.1) is 0 Å². The number of nitrogens with zero attached hydrogens (tertiary/aromatic N) is 3. The highest BCUT2D eigenvalue weighted by atomic mass is 15.0. The van der Waals surface area contributed by atoms with E-state index >= 15 is 0 Å². The molecule has 3 heteroatoms. The molecule has 2 heterocycles. The van der Waals surface area contributed by atoms with Crippen LogP contribution in [-0.2, 0) is 5.41 Å². The van der Waals surface area contributed by atoms with E-state index in [0.29, 0.717) is 5.82 Å². The number of benzene rings is 7. The summed E-state index contributed by atoms with van der Waals surface area (Å²) >= 11 is 0. The largest absolute Gasteiger partial charge is 0.309 e. The molecule has 0 N–H and O–H groups in total. The number of rotatable bonds is 5. The summed E-state index contributed by atoms with van der Waals surface area (Å²) in [5, 5.41) is 2.37. The maximum atomic E-state index is 5.16. The van der Waals surface area contributed by atoms with Gasteiger partial charge in [-0.25, -0.2) is 9.97 Å². The van der Waals surface area contributed by atoms with Crippen LogP contribution < -0.4 is 0 Å². The summed E-state index contributed by atoms with van der Waals surface area (Å²) in [7, 11) is 0. The summed E-state index contributed by atoms with van der Waals surface area (Å²) in [6.07, 6.45) is 0. The second kappa shape index (κ2) is 11.8. The smallest absolute Gasteiger partial charge is 0.160 e. The Labute approximate surface area is 303 Å². The maximum Gasteiger partial charge on any atom is 0.160 e.